The molecule has 0 N–H and O–H groups in total. The summed E-state index contributed by atoms with van der Waals surface area (Å²) in [5, 5.41) is 0.764. The van der Waals surface area contributed by atoms with Crippen LogP contribution in [-0.2, 0) is 18.5 Å². The van der Waals surface area contributed by atoms with Gasteiger partial charge < -0.3 is 4.74 Å². The second kappa shape index (κ2) is 8.96. The Morgan fingerprint density at radius 3 is 2.43 bits per heavy atom. The average molecular weight is 514 g/mol. The van der Waals surface area contributed by atoms with Crippen molar-refractivity contribution in [3.8, 4) is 5.88 Å². The third-order valence-corrected chi connectivity index (χ3v) is 5.50. The number of ether oxygens (including phenoxy) is 1. The number of benzene rings is 2. The lowest BCUT2D eigenvalue weighted by molar-refractivity contribution is 0.282. The molecule has 0 atom stereocenters. The maximum absolute atomic E-state index is 13.8. The molecule has 0 amide bonds. The van der Waals surface area contributed by atoms with Crippen LogP contribution < -0.4 is 10.3 Å². The molecule has 0 radical (unpaired) electrons. The highest BCUT2D eigenvalue weighted by atomic mass is 79.9. The van der Waals surface area contributed by atoms with E-state index in [2.05, 4.69) is 36.8 Å². The molecule has 0 aliphatic heterocycles. The van der Waals surface area contributed by atoms with E-state index < -0.39 is 11.6 Å². The van der Waals surface area contributed by atoms with Crippen molar-refractivity contribution in [2.75, 3.05) is 0 Å². The Labute approximate surface area is 177 Å². The molecule has 1 heterocycles. The van der Waals surface area contributed by atoms with Crippen LogP contribution in [0.15, 0.2) is 51.7 Å². The van der Waals surface area contributed by atoms with Gasteiger partial charge in [-0.15, -0.1) is 0 Å². The van der Waals surface area contributed by atoms with Crippen molar-refractivity contribution in [2.45, 2.75) is 25.4 Å². The van der Waals surface area contributed by atoms with Gasteiger partial charge in [0.25, 0.3) is 5.56 Å². The highest BCUT2D eigenvalue weighted by Gasteiger charge is 2.15. The van der Waals surface area contributed by atoms with Gasteiger partial charge in [-0.25, -0.2) is 8.78 Å². The Morgan fingerprint density at radius 2 is 1.79 bits per heavy atom. The molecule has 0 saturated heterocycles. The smallest absolute Gasteiger partial charge is 0.272 e. The van der Waals surface area contributed by atoms with Crippen LogP contribution in [0.4, 0.5) is 8.78 Å². The second-order valence-electron chi connectivity index (χ2n) is 6.14. The quantitative estimate of drug-likeness (QED) is 0.430. The summed E-state index contributed by atoms with van der Waals surface area (Å²) in [6.45, 7) is 1.90. The SMILES string of the molecule is Cc1nc(OCc2ccc(F)cc2F)c(Br)c(=O)n1Cc1ccc(CBr)cc1. The lowest BCUT2D eigenvalue weighted by Crippen LogP contribution is -2.25. The highest BCUT2D eigenvalue weighted by Crippen LogP contribution is 2.21. The van der Waals surface area contributed by atoms with Crippen molar-refractivity contribution < 1.29 is 13.5 Å². The van der Waals surface area contributed by atoms with Gasteiger partial charge in [0.1, 0.15) is 28.5 Å². The van der Waals surface area contributed by atoms with E-state index in [-0.39, 0.29) is 28.1 Å². The number of nitrogens with zero attached hydrogens (tertiary/aromatic N) is 2. The predicted octanol–water partition coefficient (Wildman–Crippen LogP) is 5.11. The molecule has 0 saturated carbocycles. The van der Waals surface area contributed by atoms with E-state index in [9.17, 15) is 13.6 Å². The number of hydrogen-bond donors (Lipinski definition) is 0. The molecule has 0 fully saturated rings. The largest absolute Gasteiger partial charge is 0.472 e. The standard InChI is InChI=1S/C20H16Br2F2N2O2/c1-12-25-19(28-11-15-6-7-16(23)8-17(15)24)18(22)20(27)26(12)10-14-4-2-13(9-21)3-5-14/h2-8H,9-11H2,1H3. The fraction of sp³-hybridized carbons (Fsp3) is 0.200. The normalized spacial score (nSPS) is 10.9. The fourth-order valence-electron chi connectivity index (χ4n) is 2.60. The summed E-state index contributed by atoms with van der Waals surface area (Å²) in [7, 11) is 0. The molecule has 1 aromatic heterocycles. The zero-order valence-electron chi connectivity index (χ0n) is 14.9. The summed E-state index contributed by atoms with van der Waals surface area (Å²) in [5.74, 6) is -0.847. The van der Waals surface area contributed by atoms with Gasteiger partial charge in [0.2, 0.25) is 5.88 Å². The van der Waals surface area contributed by atoms with Crippen LogP contribution in [0.1, 0.15) is 22.5 Å². The van der Waals surface area contributed by atoms with Crippen LogP contribution >= 0.6 is 31.9 Å². The molecule has 146 valence electrons. The van der Waals surface area contributed by atoms with E-state index in [1.807, 2.05) is 24.3 Å². The Bertz CT molecular complexity index is 1050. The first kappa shape index (κ1) is 20.7. The maximum Gasteiger partial charge on any atom is 0.272 e. The van der Waals surface area contributed by atoms with Crippen molar-refractivity contribution in [1.82, 2.24) is 9.55 Å². The van der Waals surface area contributed by atoms with Gasteiger partial charge in [-0.05, 0) is 46.1 Å². The van der Waals surface area contributed by atoms with E-state index in [0.29, 0.717) is 12.4 Å². The van der Waals surface area contributed by atoms with E-state index in [1.54, 1.807) is 6.92 Å². The monoisotopic (exact) mass is 512 g/mol. The van der Waals surface area contributed by atoms with E-state index >= 15 is 0 Å². The minimum Gasteiger partial charge on any atom is -0.472 e. The Balaban J connectivity index is 1.82. The highest BCUT2D eigenvalue weighted by molar-refractivity contribution is 9.10. The third-order valence-electron chi connectivity index (χ3n) is 4.17. The topological polar surface area (TPSA) is 44.1 Å². The number of alkyl halides is 1. The lowest BCUT2D eigenvalue weighted by atomic mass is 10.1. The third kappa shape index (κ3) is 4.67. The Kier molecular flexibility index (Phi) is 6.61. The zero-order chi connectivity index (χ0) is 20.3. The molecular formula is C20H16Br2F2N2O2. The van der Waals surface area contributed by atoms with Crippen LogP contribution in [0, 0.1) is 18.6 Å². The first-order valence-corrected chi connectivity index (χ1v) is 10.3. The molecule has 4 nitrogen and oxygen atoms in total. The molecule has 0 spiro atoms. The van der Waals surface area contributed by atoms with Crippen LogP contribution in [0.5, 0.6) is 5.88 Å². The summed E-state index contributed by atoms with van der Waals surface area (Å²) in [4.78, 5) is 17.0. The molecule has 28 heavy (non-hydrogen) atoms. The van der Waals surface area contributed by atoms with Crippen molar-refractivity contribution in [3.63, 3.8) is 0 Å². The molecule has 8 heteroatoms. The van der Waals surface area contributed by atoms with Crippen molar-refractivity contribution >= 4 is 31.9 Å². The number of aryl methyl sites for hydroxylation is 1. The second-order valence-corrected chi connectivity index (χ2v) is 7.50. The number of hydrogen-bond acceptors (Lipinski definition) is 3. The number of halogens is 4. The number of rotatable bonds is 6. The van der Waals surface area contributed by atoms with Gasteiger partial charge in [0.05, 0.1) is 6.54 Å². The summed E-state index contributed by atoms with van der Waals surface area (Å²) < 4.78 is 33.9. The summed E-state index contributed by atoms with van der Waals surface area (Å²) in [6.07, 6.45) is 0. The molecule has 0 bridgehead atoms. The van der Waals surface area contributed by atoms with E-state index in [0.717, 1.165) is 28.6 Å². The molecule has 2 aromatic carbocycles. The van der Waals surface area contributed by atoms with E-state index in [4.69, 9.17) is 4.74 Å². The van der Waals surface area contributed by atoms with Crippen LogP contribution in [0.25, 0.3) is 0 Å². The van der Waals surface area contributed by atoms with Gasteiger partial charge >= 0.3 is 0 Å². The maximum atomic E-state index is 13.8. The Morgan fingerprint density at radius 1 is 1.11 bits per heavy atom. The van der Waals surface area contributed by atoms with Gasteiger partial charge in [-0.3, -0.25) is 9.36 Å². The average Bonchev–Trinajstić information content (AvgIpc) is 2.68. The molecule has 0 aliphatic carbocycles. The summed E-state index contributed by atoms with van der Waals surface area (Å²) in [6, 6.07) is 11.1. The minimum atomic E-state index is -0.715. The lowest BCUT2D eigenvalue weighted by Gasteiger charge is -2.14. The van der Waals surface area contributed by atoms with Crippen LogP contribution in [0.2, 0.25) is 0 Å². The van der Waals surface area contributed by atoms with Crippen LogP contribution in [-0.4, -0.2) is 9.55 Å². The zero-order valence-corrected chi connectivity index (χ0v) is 18.1. The first-order valence-electron chi connectivity index (χ1n) is 8.36. The Hall–Kier alpha value is -2.06. The van der Waals surface area contributed by atoms with Gasteiger partial charge in [-0.2, -0.15) is 4.98 Å². The van der Waals surface area contributed by atoms with Gasteiger partial charge in [0.15, 0.2) is 0 Å². The summed E-state index contributed by atoms with van der Waals surface area (Å²) in [5.41, 5.74) is 1.98. The van der Waals surface area contributed by atoms with Crippen LogP contribution in [0.3, 0.4) is 0 Å². The van der Waals surface area contributed by atoms with Gasteiger partial charge in [0, 0.05) is 17.0 Å². The minimum absolute atomic E-state index is 0.0668. The predicted molar refractivity (Wildman–Crippen MR) is 110 cm³/mol. The summed E-state index contributed by atoms with van der Waals surface area (Å²) >= 11 is 6.63. The van der Waals surface area contributed by atoms with Crippen molar-refractivity contribution in [3.05, 3.63) is 91.4 Å². The molecule has 0 unspecified atom stereocenters. The van der Waals surface area contributed by atoms with Crippen molar-refractivity contribution in [2.24, 2.45) is 0 Å². The first-order chi connectivity index (χ1) is 13.4. The van der Waals surface area contributed by atoms with Crippen molar-refractivity contribution in [1.29, 1.82) is 0 Å². The number of aromatic nitrogens is 2. The molecular weight excluding hydrogens is 498 g/mol. The molecule has 3 aromatic rings. The molecule has 3 rings (SSSR count). The molecule has 0 aliphatic rings. The van der Waals surface area contributed by atoms with E-state index in [1.165, 1.54) is 10.6 Å². The van der Waals surface area contributed by atoms with Gasteiger partial charge in [-0.1, -0.05) is 40.2 Å². The fourth-order valence-corrected chi connectivity index (χ4v) is 3.39.